The molecule has 0 aliphatic rings. The Bertz CT molecular complexity index is 706. The maximum Gasteiger partial charge on any atom is 0.233 e. The molecule has 0 radical (unpaired) electrons. The zero-order valence-electron chi connectivity index (χ0n) is 13.8. The third kappa shape index (κ3) is 5.25. The van der Waals surface area contributed by atoms with Crippen LogP contribution in [0, 0.1) is 20.8 Å². The van der Waals surface area contributed by atoms with E-state index in [4.69, 9.17) is 0 Å². The molecule has 0 spiro atoms. The van der Waals surface area contributed by atoms with E-state index in [-0.39, 0.29) is 18.2 Å². The lowest BCUT2D eigenvalue weighted by atomic mass is 10.1. The van der Waals surface area contributed by atoms with Gasteiger partial charge in [0.2, 0.25) is 11.8 Å². The van der Waals surface area contributed by atoms with E-state index in [2.05, 4.69) is 10.6 Å². The van der Waals surface area contributed by atoms with Crippen molar-refractivity contribution >= 4 is 17.5 Å². The number of nitrogens with one attached hydrogen (secondary N) is 2. The first kappa shape index (κ1) is 16.7. The number of anilines is 1. The molecule has 23 heavy (non-hydrogen) atoms. The number of amides is 2. The summed E-state index contributed by atoms with van der Waals surface area (Å²) in [5.74, 6) is -0.591. The third-order valence-corrected chi connectivity index (χ3v) is 3.59. The van der Waals surface area contributed by atoms with Crippen molar-refractivity contribution in [2.45, 2.75) is 33.7 Å². The van der Waals surface area contributed by atoms with Gasteiger partial charge in [-0.25, -0.2) is 0 Å². The highest BCUT2D eigenvalue weighted by Gasteiger charge is 2.10. The Morgan fingerprint density at radius 1 is 0.870 bits per heavy atom. The second kappa shape index (κ2) is 7.58. The normalized spacial score (nSPS) is 10.2. The maximum atomic E-state index is 11.9. The summed E-state index contributed by atoms with van der Waals surface area (Å²) in [5, 5.41) is 5.53. The standard InChI is InChI=1S/C19H22N2O2/c1-13-4-7-16(8-5-13)12-20-18(22)11-19(23)21-17-9-6-14(2)10-15(17)3/h4-10H,11-12H2,1-3H3,(H,20,22)(H,21,23). The van der Waals surface area contributed by atoms with Gasteiger partial charge in [0, 0.05) is 12.2 Å². The van der Waals surface area contributed by atoms with Gasteiger partial charge in [0.15, 0.2) is 0 Å². The fraction of sp³-hybridized carbons (Fsp3) is 0.263. The highest BCUT2D eigenvalue weighted by atomic mass is 16.2. The molecule has 0 bridgehead atoms. The van der Waals surface area contributed by atoms with Crippen LogP contribution in [0.1, 0.15) is 28.7 Å². The summed E-state index contributed by atoms with van der Waals surface area (Å²) >= 11 is 0. The molecule has 0 saturated carbocycles. The Kier molecular flexibility index (Phi) is 5.52. The van der Waals surface area contributed by atoms with Crippen molar-refractivity contribution in [3.8, 4) is 0 Å². The van der Waals surface area contributed by atoms with Crippen LogP contribution >= 0.6 is 0 Å². The van der Waals surface area contributed by atoms with Gasteiger partial charge in [-0.2, -0.15) is 0 Å². The lowest BCUT2D eigenvalue weighted by molar-refractivity contribution is -0.126. The van der Waals surface area contributed by atoms with Gasteiger partial charge in [0.1, 0.15) is 6.42 Å². The summed E-state index contributed by atoms with van der Waals surface area (Å²) in [6.45, 7) is 6.37. The van der Waals surface area contributed by atoms with Gasteiger partial charge in [-0.1, -0.05) is 47.5 Å². The summed E-state index contributed by atoms with van der Waals surface area (Å²) in [4.78, 5) is 23.8. The van der Waals surface area contributed by atoms with Crippen molar-refractivity contribution in [3.63, 3.8) is 0 Å². The molecule has 2 aromatic rings. The van der Waals surface area contributed by atoms with Gasteiger partial charge < -0.3 is 10.6 Å². The quantitative estimate of drug-likeness (QED) is 0.833. The number of carbonyl (C=O) groups is 2. The predicted molar refractivity (Wildman–Crippen MR) is 92.2 cm³/mol. The molecule has 4 heteroatoms. The molecular weight excluding hydrogens is 288 g/mol. The van der Waals surface area contributed by atoms with E-state index in [1.807, 2.05) is 63.2 Å². The van der Waals surface area contributed by atoms with E-state index in [1.54, 1.807) is 0 Å². The molecule has 120 valence electrons. The molecule has 0 heterocycles. The first-order valence-electron chi connectivity index (χ1n) is 7.63. The Balaban J connectivity index is 1.82. The van der Waals surface area contributed by atoms with Crippen LogP contribution in [0.2, 0.25) is 0 Å². The molecular formula is C19H22N2O2. The summed E-state index contributed by atoms with van der Waals surface area (Å²) in [7, 11) is 0. The first-order valence-corrected chi connectivity index (χ1v) is 7.63. The van der Waals surface area contributed by atoms with Crippen LogP contribution < -0.4 is 10.6 Å². The van der Waals surface area contributed by atoms with Gasteiger partial charge in [0.05, 0.1) is 0 Å². The van der Waals surface area contributed by atoms with Crippen LogP contribution in [-0.4, -0.2) is 11.8 Å². The number of hydrogen-bond donors (Lipinski definition) is 2. The minimum absolute atomic E-state index is 0.181. The van der Waals surface area contributed by atoms with Crippen LogP contribution in [0.4, 0.5) is 5.69 Å². The summed E-state index contributed by atoms with van der Waals surface area (Å²) in [5.41, 5.74) is 5.05. The topological polar surface area (TPSA) is 58.2 Å². The van der Waals surface area contributed by atoms with Crippen LogP contribution in [0.5, 0.6) is 0 Å². The molecule has 2 N–H and O–H groups in total. The van der Waals surface area contributed by atoms with Crippen molar-refractivity contribution in [2.24, 2.45) is 0 Å². The second-order valence-corrected chi connectivity index (χ2v) is 5.81. The molecule has 0 fully saturated rings. The highest BCUT2D eigenvalue weighted by molar-refractivity contribution is 6.03. The fourth-order valence-corrected chi connectivity index (χ4v) is 2.26. The highest BCUT2D eigenvalue weighted by Crippen LogP contribution is 2.16. The molecule has 4 nitrogen and oxygen atoms in total. The molecule has 0 unspecified atom stereocenters. The van der Waals surface area contributed by atoms with Gasteiger partial charge in [0.25, 0.3) is 0 Å². The van der Waals surface area contributed by atoms with Gasteiger partial charge in [-0.3, -0.25) is 9.59 Å². The van der Waals surface area contributed by atoms with E-state index in [1.165, 1.54) is 5.56 Å². The van der Waals surface area contributed by atoms with Crippen LogP contribution in [0.3, 0.4) is 0 Å². The average molecular weight is 310 g/mol. The Morgan fingerprint density at radius 3 is 2.17 bits per heavy atom. The number of benzene rings is 2. The van der Waals surface area contributed by atoms with Gasteiger partial charge in [-0.15, -0.1) is 0 Å². The summed E-state index contributed by atoms with van der Waals surface area (Å²) in [6.07, 6.45) is -0.181. The Hall–Kier alpha value is -2.62. The van der Waals surface area contributed by atoms with E-state index in [0.717, 1.165) is 22.4 Å². The molecule has 0 aliphatic heterocycles. The minimum Gasteiger partial charge on any atom is -0.352 e. The smallest absolute Gasteiger partial charge is 0.233 e. The monoisotopic (exact) mass is 310 g/mol. The van der Waals surface area contributed by atoms with Gasteiger partial charge in [-0.05, 0) is 38.0 Å². The Morgan fingerprint density at radius 2 is 1.52 bits per heavy atom. The van der Waals surface area contributed by atoms with E-state index >= 15 is 0 Å². The van der Waals surface area contributed by atoms with E-state index < -0.39 is 0 Å². The maximum absolute atomic E-state index is 11.9. The first-order chi connectivity index (χ1) is 10.9. The number of hydrogen-bond acceptors (Lipinski definition) is 2. The van der Waals surface area contributed by atoms with Crippen LogP contribution in [-0.2, 0) is 16.1 Å². The van der Waals surface area contributed by atoms with Crippen LogP contribution in [0.25, 0.3) is 0 Å². The lowest BCUT2D eigenvalue weighted by Crippen LogP contribution is -2.27. The third-order valence-electron chi connectivity index (χ3n) is 3.59. The minimum atomic E-state index is -0.307. The number of rotatable bonds is 5. The average Bonchev–Trinajstić information content (AvgIpc) is 2.49. The molecule has 2 amide bonds. The predicted octanol–water partition coefficient (Wildman–Crippen LogP) is 3.26. The fourth-order valence-electron chi connectivity index (χ4n) is 2.26. The van der Waals surface area contributed by atoms with Crippen molar-refractivity contribution in [1.29, 1.82) is 0 Å². The zero-order valence-corrected chi connectivity index (χ0v) is 13.8. The SMILES string of the molecule is Cc1ccc(CNC(=O)CC(=O)Nc2ccc(C)cc2C)cc1. The molecule has 0 saturated heterocycles. The van der Waals surface area contributed by atoms with Crippen molar-refractivity contribution in [3.05, 3.63) is 64.7 Å². The van der Waals surface area contributed by atoms with Crippen molar-refractivity contribution in [2.75, 3.05) is 5.32 Å². The molecule has 0 aromatic heterocycles. The number of carbonyl (C=O) groups excluding carboxylic acids is 2. The molecule has 2 aromatic carbocycles. The second-order valence-electron chi connectivity index (χ2n) is 5.81. The summed E-state index contributed by atoms with van der Waals surface area (Å²) < 4.78 is 0. The zero-order chi connectivity index (χ0) is 16.8. The van der Waals surface area contributed by atoms with Gasteiger partial charge >= 0.3 is 0 Å². The molecule has 2 rings (SSSR count). The van der Waals surface area contributed by atoms with Crippen LogP contribution in [0.15, 0.2) is 42.5 Å². The number of aryl methyl sites for hydroxylation is 3. The molecule has 0 aliphatic carbocycles. The molecule has 0 atom stereocenters. The van der Waals surface area contributed by atoms with Crippen molar-refractivity contribution in [1.82, 2.24) is 5.32 Å². The summed E-state index contributed by atoms with van der Waals surface area (Å²) in [6, 6.07) is 13.7. The van der Waals surface area contributed by atoms with E-state index in [0.29, 0.717) is 6.54 Å². The lowest BCUT2D eigenvalue weighted by Gasteiger charge is -2.09. The largest absolute Gasteiger partial charge is 0.352 e. The van der Waals surface area contributed by atoms with Crippen molar-refractivity contribution < 1.29 is 9.59 Å². The Labute approximate surface area is 136 Å². The van der Waals surface area contributed by atoms with E-state index in [9.17, 15) is 9.59 Å².